The molecule has 2 aromatic rings. The topological polar surface area (TPSA) is 145 Å². The second kappa shape index (κ2) is 15.6. The number of ketones is 1. The number of amides is 2. The van der Waals surface area contributed by atoms with E-state index in [9.17, 15) is 14.4 Å². The number of nitrogens with one attached hydrogen (secondary N) is 1. The monoisotopic (exact) mass is 535 g/mol. The van der Waals surface area contributed by atoms with Gasteiger partial charge in [-0.3, -0.25) is 14.4 Å². The summed E-state index contributed by atoms with van der Waals surface area (Å²) in [5.41, 5.74) is 19.0. The molecule has 10 heteroatoms. The Morgan fingerprint density at radius 2 is 1.50 bits per heavy atom. The van der Waals surface area contributed by atoms with Crippen LogP contribution in [-0.2, 0) is 27.2 Å². The van der Waals surface area contributed by atoms with Crippen LogP contribution in [0.25, 0.3) is 0 Å². The lowest BCUT2D eigenvalue weighted by Crippen LogP contribution is -2.51. The quantitative estimate of drug-likeness (QED) is 0.274. The summed E-state index contributed by atoms with van der Waals surface area (Å²) in [4.78, 5) is 40.0. The molecule has 0 spiro atoms. The Morgan fingerprint density at radius 3 is 2.08 bits per heavy atom. The lowest BCUT2D eigenvalue weighted by Gasteiger charge is -2.24. The molecule has 0 saturated heterocycles. The molecule has 0 unspecified atom stereocenters. The van der Waals surface area contributed by atoms with Crippen molar-refractivity contribution in [1.29, 1.82) is 0 Å². The van der Waals surface area contributed by atoms with E-state index >= 15 is 0 Å². The Morgan fingerprint density at radius 1 is 0.889 bits per heavy atom. The average molecular weight is 537 g/mol. The second-order valence-electron chi connectivity index (χ2n) is 8.60. The fraction of sp³-hybridized carbons (Fsp3) is 0.423. The molecule has 196 valence electrons. The molecule has 2 atom stereocenters. The van der Waals surface area contributed by atoms with Gasteiger partial charge in [0.25, 0.3) is 0 Å². The van der Waals surface area contributed by atoms with Crippen molar-refractivity contribution in [2.75, 3.05) is 26.2 Å². The summed E-state index contributed by atoms with van der Waals surface area (Å²) in [7, 11) is 0. The molecular formula is C26H35Cl2N5O3. The van der Waals surface area contributed by atoms with E-state index in [1.807, 2.05) is 30.3 Å². The molecule has 8 nitrogen and oxygen atoms in total. The number of nitrogens with zero attached hydrogens (tertiary/aromatic N) is 1. The maximum Gasteiger partial charge on any atom is 0.238 e. The van der Waals surface area contributed by atoms with Crippen LogP contribution in [0, 0.1) is 0 Å². The van der Waals surface area contributed by atoms with Gasteiger partial charge in [-0.15, -0.1) is 0 Å². The van der Waals surface area contributed by atoms with Crippen LogP contribution in [0.5, 0.6) is 0 Å². The Kier molecular flexibility index (Phi) is 12.9. The third kappa shape index (κ3) is 10.2. The molecule has 0 aliphatic rings. The third-order valence-electron chi connectivity index (χ3n) is 5.73. The Labute approximate surface area is 222 Å². The number of benzene rings is 2. The maximum atomic E-state index is 13.1. The molecule has 0 aliphatic carbocycles. The van der Waals surface area contributed by atoms with Crippen LogP contribution in [0.1, 0.15) is 30.4 Å². The van der Waals surface area contributed by atoms with Crippen LogP contribution < -0.4 is 22.5 Å². The predicted octanol–water partition coefficient (Wildman–Crippen LogP) is 2.08. The van der Waals surface area contributed by atoms with Crippen molar-refractivity contribution in [2.45, 2.75) is 44.2 Å². The molecule has 0 saturated carbocycles. The van der Waals surface area contributed by atoms with Crippen LogP contribution >= 0.6 is 23.2 Å². The standard InChI is InChI=1S/C26H35Cl2N5O3/c27-20-14-19(15-21(28)16-20)7-9-24(34)23(8-6-18-4-2-1-3-5-18)32-26(36)22(31)17-25(35)33(12-10-29)13-11-30/h1-5,14-16,22-23H,6-13,17,29-31H2,(H,32,36)/t22-,23-/m0/s1. The molecule has 2 rings (SSSR count). The third-order valence-corrected chi connectivity index (χ3v) is 6.17. The van der Waals surface area contributed by atoms with Crippen molar-refractivity contribution < 1.29 is 14.4 Å². The summed E-state index contributed by atoms with van der Waals surface area (Å²) in [6.45, 7) is 1.22. The number of carbonyl (C=O) groups is 3. The van der Waals surface area contributed by atoms with Crippen LogP contribution in [0.15, 0.2) is 48.5 Å². The number of hydrogen-bond acceptors (Lipinski definition) is 6. The first kappa shape index (κ1) is 29.7. The van der Waals surface area contributed by atoms with Crippen molar-refractivity contribution in [3.8, 4) is 0 Å². The normalized spacial score (nSPS) is 12.6. The van der Waals surface area contributed by atoms with Crippen molar-refractivity contribution in [1.82, 2.24) is 10.2 Å². The Bertz CT molecular complexity index is 980. The van der Waals surface area contributed by atoms with E-state index in [1.165, 1.54) is 4.90 Å². The lowest BCUT2D eigenvalue weighted by atomic mass is 9.97. The molecule has 36 heavy (non-hydrogen) atoms. The minimum atomic E-state index is -1.10. The molecule has 2 amide bonds. The van der Waals surface area contributed by atoms with Gasteiger partial charge >= 0.3 is 0 Å². The Hall–Kier alpha value is -2.49. The summed E-state index contributed by atoms with van der Waals surface area (Å²) in [5, 5.41) is 3.76. The van der Waals surface area contributed by atoms with Gasteiger partial charge < -0.3 is 27.4 Å². The van der Waals surface area contributed by atoms with Gasteiger partial charge in [-0.1, -0.05) is 53.5 Å². The zero-order valence-electron chi connectivity index (χ0n) is 20.3. The number of halogens is 2. The van der Waals surface area contributed by atoms with Crippen molar-refractivity contribution in [3.63, 3.8) is 0 Å². The van der Waals surface area contributed by atoms with Crippen LogP contribution in [0.3, 0.4) is 0 Å². The van der Waals surface area contributed by atoms with E-state index in [2.05, 4.69) is 5.32 Å². The van der Waals surface area contributed by atoms with Gasteiger partial charge in [-0.2, -0.15) is 0 Å². The molecule has 0 aromatic heterocycles. The first-order valence-corrected chi connectivity index (χ1v) is 12.7. The van der Waals surface area contributed by atoms with Gasteiger partial charge in [-0.05, 0) is 48.6 Å². The fourth-order valence-corrected chi connectivity index (χ4v) is 4.40. The van der Waals surface area contributed by atoms with Gasteiger partial charge in [0.05, 0.1) is 18.5 Å². The van der Waals surface area contributed by atoms with Crippen LogP contribution in [-0.4, -0.2) is 60.8 Å². The van der Waals surface area contributed by atoms with Gasteiger partial charge in [0, 0.05) is 42.6 Å². The highest BCUT2D eigenvalue weighted by molar-refractivity contribution is 6.34. The minimum absolute atomic E-state index is 0.137. The van der Waals surface area contributed by atoms with Crippen molar-refractivity contribution in [2.24, 2.45) is 17.2 Å². The summed E-state index contributed by atoms with van der Waals surface area (Å²) >= 11 is 12.1. The predicted molar refractivity (Wildman–Crippen MR) is 144 cm³/mol. The lowest BCUT2D eigenvalue weighted by molar-refractivity contribution is -0.135. The number of rotatable bonds is 15. The van der Waals surface area contributed by atoms with Gasteiger partial charge in [0.1, 0.15) is 0 Å². The number of hydrogen-bond donors (Lipinski definition) is 4. The molecule has 7 N–H and O–H groups in total. The summed E-state index contributed by atoms with van der Waals surface area (Å²) in [6, 6.07) is 13.0. The molecular weight excluding hydrogens is 501 g/mol. The number of carbonyl (C=O) groups excluding carboxylic acids is 3. The van der Waals surface area contributed by atoms with E-state index < -0.39 is 18.0 Å². The minimum Gasteiger partial charge on any atom is -0.345 e. The van der Waals surface area contributed by atoms with Crippen LogP contribution in [0.2, 0.25) is 10.0 Å². The van der Waals surface area contributed by atoms with Crippen molar-refractivity contribution >= 4 is 40.8 Å². The highest BCUT2D eigenvalue weighted by Crippen LogP contribution is 2.20. The highest BCUT2D eigenvalue weighted by atomic mass is 35.5. The maximum absolute atomic E-state index is 13.1. The van der Waals surface area contributed by atoms with E-state index in [-0.39, 0.29) is 37.6 Å². The summed E-state index contributed by atoms with van der Waals surface area (Å²) in [6.07, 6.45) is 1.40. The number of Topliss-reactive ketones (excluding diaryl/α,β-unsaturated/α-hetero) is 1. The molecule has 0 radical (unpaired) electrons. The zero-order chi connectivity index (χ0) is 26.5. The second-order valence-corrected chi connectivity index (χ2v) is 9.47. The first-order valence-electron chi connectivity index (χ1n) is 12.0. The SMILES string of the molecule is NCCN(CCN)C(=O)C[C@H](N)C(=O)N[C@@H](CCc1ccccc1)C(=O)CCc1cc(Cl)cc(Cl)c1. The zero-order valence-corrected chi connectivity index (χ0v) is 21.8. The number of aryl methyl sites for hydroxylation is 2. The summed E-state index contributed by atoms with van der Waals surface area (Å²) < 4.78 is 0. The van der Waals surface area contributed by atoms with E-state index in [1.54, 1.807) is 18.2 Å². The highest BCUT2D eigenvalue weighted by Gasteiger charge is 2.26. The van der Waals surface area contributed by atoms with E-state index in [0.717, 1.165) is 11.1 Å². The molecule has 2 aromatic carbocycles. The molecule has 0 heterocycles. The average Bonchev–Trinajstić information content (AvgIpc) is 2.84. The van der Waals surface area contributed by atoms with Gasteiger partial charge in [0.15, 0.2) is 5.78 Å². The summed E-state index contributed by atoms with van der Waals surface area (Å²) in [5.74, 6) is -0.999. The fourth-order valence-electron chi connectivity index (χ4n) is 3.83. The molecule has 0 aliphatic heterocycles. The van der Waals surface area contributed by atoms with Crippen LogP contribution in [0.4, 0.5) is 0 Å². The van der Waals surface area contributed by atoms with Crippen molar-refractivity contribution in [3.05, 3.63) is 69.7 Å². The van der Waals surface area contributed by atoms with Gasteiger partial charge in [0.2, 0.25) is 11.8 Å². The number of nitrogens with two attached hydrogens (primary N) is 3. The Balaban J connectivity index is 2.05. The smallest absolute Gasteiger partial charge is 0.238 e. The molecule has 0 bridgehead atoms. The largest absolute Gasteiger partial charge is 0.345 e. The first-order chi connectivity index (χ1) is 17.2. The van der Waals surface area contributed by atoms with Gasteiger partial charge in [-0.25, -0.2) is 0 Å². The molecule has 0 fully saturated rings. The van der Waals surface area contributed by atoms with E-state index in [0.29, 0.717) is 42.4 Å². The van der Waals surface area contributed by atoms with E-state index in [4.69, 9.17) is 40.4 Å².